The Hall–Kier alpha value is -3.96. The van der Waals surface area contributed by atoms with Gasteiger partial charge in [0.1, 0.15) is 0 Å². The molecule has 31 heavy (non-hydrogen) atoms. The molecule has 0 fully saturated rings. The van der Waals surface area contributed by atoms with Crippen molar-refractivity contribution in [2.24, 2.45) is 0 Å². The van der Waals surface area contributed by atoms with Crippen molar-refractivity contribution in [3.63, 3.8) is 0 Å². The summed E-state index contributed by atoms with van der Waals surface area (Å²) >= 11 is 0. The van der Waals surface area contributed by atoms with E-state index in [2.05, 4.69) is 0 Å². The molecular formula is C26H20O4Si. The molecule has 0 unspecified atom stereocenters. The van der Waals surface area contributed by atoms with Crippen LogP contribution in [0.5, 0.6) is 0 Å². The van der Waals surface area contributed by atoms with E-state index in [1.54, 1.807) is 12.1 Å². The molecule has 0 saturated carbocycles. The number of carboxylic acid groups (broad SMARTS) is 2. The number of hydrogen-bond donors (Lipinski definition) is 2. The highest BCUT2D eigenvalue weighted by Gasteiger charge is 2.44. The maximum atomic E-state index is 12.4. The van der Waals surface area contributed by atoms with Crippen LogP contribution in [0.1, 0.15) is 20.7 Å². The molecule has 5 heteroatoms. The zero-order chi connectivity index (χ0) is 21.8. The van der Waals surface area contributed by atoms with Crippen LogP contribution in [-0.2, 0) is 0 Å². The SMILES string of the molecule is O=C(O)c1cccc([Si](c2ccccc2)(c2ccccc2)c2ccccc2)c1C(=O)O. The number of carbonyl (C=O) groups is 2. The Morgan fingerprint density at radius 1 is 0.516 bits per heavy atom. The van der Waals surface area contributed by atoms with Crippen LogP contribution in [0.2, 0.25) is 0 Å². The lowest BCUT2D eigenvalue weighted by Gasteiger charge is -2.35. The van der Waals surface area contributed by atoms with Gasteiger partial charge in [0, 0.05) is 0 Å². The fourth-order valence-corrected chi connectivity index (χ4v) is 9.28. The van der Waals surface area contributed by atoms with Gasteiger partial charge in [-0.3, -0.25) is 0 Å². The van der Waals surface area contributed by atoms with Gasteiger partial charge < -0.3 is 10.2 Å². The monoisotopic (exact) mass is 424 g/mol. The Morgan fingerprint density at radius 3 is 1.29 bits per heavy atom. The minimum Gasteiger partial charge on any atom is -0.478 e. The quantitative estimate of drug-likeness (QED) is 0.368. The lowest BCUT2D eigenvalue weighted by Crippen LogP contribution is -2.75. The van der Waals surface area contributed by atoms with Gasteiger partial charge in [-0.2, -0.15) is 0 Å². The van der Waals surface area contributed by atoms with Gasteiger partial charge >= 0.3 is 11.9 Å². The molecule has 4 aromatic rings. The van der Waals surface area contributed by atoms with Crippen molar-refractivity contribution < 1.29 is 19.8 Å². The summed E-state index contributed by atoms with van der Waals surface area (Å²) in [6, 6.07) is 34.2. The summed E-state index contributed by atoms with van der Waals surface area (Å²) < 4.78 is 0. The largest absolute Gasteiger partial charge is 0.478 e. The lowest BCUT2D eigenvalue weighted by atomic mass is 10.1. The molecule has 4 aromatic carbocycles. The van der Waals surface area contributed by atoms with Crippen LogP contribution in [-0.4, -0.2) is 30.2 Å². The molecule has 0 amide bonds. The molecule has 0 spiro atoms. The van der Waals surface area contributed by atoms with E-state index in [0.717, 1.165) is 15.6 Å². The molecular weight excluding hydrogens is 404 g/mol. The van der Waals surface area contributed by atoms with Crippen LogP contribution in [0.15, 0.2) is 109 Å². The molecule has 152 valence electrons. The molecule has 2 N–H and O–H groups in total. The van der Waals surface area contributed by atoms with E-state index in [9.17, 15) is 19.8 Å². The van der Waals surface area contributed by atoms with Crippen LogP contribution in [0, 0.1) is 0 Å². The van der Waals surface area contributed by atoms with Crippen molar-refractivity contribution in [3.8, 4) is 0 Å². The van der Waals surface area contributed by atoms with Crippen LogP contribution in [0.3, 0.4) is 0 Å². The second-order valence-electron chi connectivity index (χ2n) is 7.19. The number of benzene rings is 4. The van der Waals surface area contributed by atoms with Crippen molar-refractivity contribution >= 4 is 40.8 Å². The maximum Gasteiger partial charge on any atom is 0.336 e. The third-order valence-electron chi connectivity index (χ3n) is 5.53. The van der Waals surface area contributed by atoms with Gasteiger partial charge in [-0.15, -0.1) is 0 Å². The van der Waals surface area contributed by atoms with Crippen LogP contribution in [0.4, 0.5) is 0 Å². The summed E-state index contributed by atoms with van der Waals surface area (Å²) in [6.45, 7) is 0. The third-order valence-corrected chi connectivity index (χ3v) is 10.4. The number of aromatic carboxylic acids is 2. The van der Waals surface area contributed by atoms with E-state index >= 15 is 0 Å². The number of hydrogen-bond acceptors (Lipinski definition) is 2. The van der Waals surface area contributed by atoms with Crippen LogP contribution >= 0.6 is 0 Å². The summed E-state index contributed by atoms with van der Waals surface area (Å²) in [5.74, 6) is -2.50. The van der Waals surface area contributed by atoms with Gasteiger partial charge in [0.05, 0.1) is 11.1 Å². The zero-order valence-electron chi connectivity index (χ0n) is 16.6. The van der Waals surface area contributed by atoms with Crippen LogP contribution in [0.25, 0.3) is 0 Å². The third kappa shape index (κ3) is 3.45. The van der Waals surface area contributed by atoms with E-state index in [4.69, 9.17) is 0 Å². The second-order valence-corrected chi connectivity index (χ2v) is 11.0. The Bertz CT molecular complexity index is 1130. The second kappa shape index (κ2) is 8.42. The molecule has 0 atom stereocenters. The van der Waals surface area contributed by atoms with Crippen LogP contribution < -0.4 is 20.7 Å². The maximum absolute atomic E-state index is 12.4. The van der Waals surface area contributed by atoms with Gasteiger partial charge in [-0.25, -0.2) is 9.59 Å². The molecule has 0 aliphatic rings. The molecule has 0 aliphatic heterocycles. The van der Waals surface area contributed by atoms with E-state index in [0.29, 0.717) is 5.19 Å². The Kier molecular flexibility index (Phi) is 5.52. The Balaban J connectivity index is 2.24. The van der Waals surface area contributed by atoms with E-state index in [1.807, 2.05) is 91.0 Å². The standard InChI is InChI=1S/C26H20O4Si/c27-25(28)22-17-10-18-23(24(22)26(29)30)31(19-11-4-1-5-12-19,20-13-6-2-7-14-20)21-15-8-3-9-16-21/h1-18H,(H,27,28)(H,29,30). The fraction of sp³-hybridized carbons (Fsp3) is 0. The smallest absolute Gasteiger partial charge is 0.336 e. The average Bonchev–Trinajstić information content (AvgIpc) is 2.81. The first-order valence-corrected chi connectivity index (χ1v) is 11.8. The highest BCUT2D eigenvalue weighted by atomic mass is 28.3. The lowest BCUT2D eigenvalue weighted by molar-refractivity contribution is 0.0652. The minimum atomic E-state index is -3.13. The van der Waals surface area contributed by atoms with E-state index in [1.165, 1.54) is 6.07 Å². The Labute approximate surface area is 181 Å². The predicted octanol–water partition coefficient (Wildman–Crippen LogP) is 2.46. The van der Waals surface area contributed by atoms with Crippen molar-refractivity contribution in [2.75, 3.05) is 0 Å². The molecule has 0 aromatic heterocycles. The predicted molar refractivity (Wildman–Crippen MR) is 124 cm³/mol. The molecule has 4 rings (SSSR count). The zero-order valence-corrected chi connectivity index (χ0v) is 17.6. The highest BCUT2D eigenvalue weighted by molar-refractivity contribution is 7.20. The summed E-state index contributed by atoms with van der Waals surface area (Å²) in [5.41, 5.74) is -0.358. The highest BCUT2D eigenvalue weighted by Crippen LogP contribution is 2.15. The summed E-state index contributed by atoms with van der Waals surface area (Å²) in [6.07, 6.45) is 0. The van der Waals surface area contributed by atoms with Gasteiger partial charge in [-0.05, 0) is 26.8 Å². The fourth-order valence-electron chi connectivity index (χ4n) is 4.30. The Morgan fingerprint density at radius 2 is 0.935 bits per heavy atom. The van der Waals surface area contributed by atoms with Gasteiger partial charge in [-0.1, -0.05) is 103 Å². The molecule has 0 saturated heterocycles. The number of rotatable bonds is 6. The van der Waals surface area contributed by atoms with E-state index in [-0.39, 0.29) is 11.1 Å². The van der Waals surface area contributed by atoms with Crippen molar-refractivity contribution in [1.82, 2.24) is 0 Å². The first-order valence-electron chi connectivity index (χ1n) is 9.83. The van der Waals surface area contributed by atoms with E-state index < -0.39 is 20.0 Å². The molecule has 0 aliphatic carbocycles. The molecule has 0 radical (unpaired) electrons. The van der Waals surface area contributed by atoms with Crippen molar-refractivity contribution in [3.05, 3.63) is 120 Å². The molecule has 0 heterocycles. The topological polar surface area (TPSA) is 74.6 Å². The van der Waals surface area contributed by atoms with Gasteiger partial charge in [0.15, 0.2) is 8.07 Å². The first kappa shape index (κ1) is 20.3. The first-order chi connectivity index (χ1) is 15.1. The van der Waals surface area contributed by atoms with Crippen molar-refractivity contribution in [2.45, 2.75) is 0 Å². The van der Waals surface area contributed by atoms with Gasteiger partial charge in [0.25, 0.3) is 0 Å². The molecule has 4 nitrogen and oxygen atoms in total. The normalized spacial score (nSPS) is 11.1. The number of carboxylic acids is 2. The van der Waals surface area contributed by atoms with Gasteiger partial charge in [0.2, 0.25) is 0 Å². The van der Waals surface area contributed by atoms with Crippen molar-refractivity contribution in [1.29, 1.82) is 0 Å². The summed E-state index contributed by atoms with van der Waals surface area (Å²) in [7, 11) is -3.13. The minimum absolute atomic E-state index is 0.154. The summed E-state index contributed by atoms with van der Waals surface area (Å²) in [5, 5.41) is 23.4. The molecule has 0 bridgehead atoms. The average molecular weight is 425 g/mol. The summed E-state index contributed by atoms with van der Waals surface area (Å²) in [4.78, 5) is 24.4.